The van der Waals surface area contributed by atoms with Gasteiger partial charge in [-0.25, -0.2) is 24.1 Å². The molecule has 0 radical (unpaired) electrons. The highest BCUT2D eigenvalue weighted by molar-refractivity contribution is 6.31. The van der Waals surface area contributed by atoms with Gasteiger partial charge in [0.05, 0.1) is 17.1 Å². The number of anilines is 2. The minimum Gasteiger partial charge on any atom is -0.377 e. The van der Waals surface area contributed by atoms with Crippen LogP contribution in [0.1, 0.15) is 64.9 Å². The number of hydrogen-bond donors (Lipinski definition) is 1. The minimum atomic E-state index is -0.785. The van der Waals surface area contributed by atoms with Crippen molar-refractivity contribution in [2.45, 2.75) is 89.9 Å². The van der Waals surface area contributed by atoms with Crippen molar-refractivity contribution in [3.05, 3.63) is 59.1 Å². The van der Waals surface area contributed by atoms with Crippen LogP contribution in [0, 0.1) is 29.5 Å². The third-order valence-corrected chi connectivity index (χ3v) is 10.5. The molecule has 242 valence electrons. The van der Waals surface area contributed by atoms with Gasteiger partial charge < -0.3 is 24.3 Å². The van der Waals surface area contributed by atoms with Crippen LogP contribution < -0.4 is 5.32 Å². The second-order valence-corrected chi connectivity index (χ2v) is 13.6. The Labute approximate surface area is 268 Å². The summed E-state index contributed by atoms with van der Waals surface area (Å²) in [4.78, 5) is 20.9. The number of aromatic nitrogens is 2. The lowest BCUT2D eigenvalue weighted by Crippen LogP contribution is -2.70. The predicted molar refractivity (Wildman–Crippen MR) is 166 cm³/mol. The number of nitrogens with zero attached hydrogens (tertiary/aromatic N) is 2. The van der Waals surface area contributed by atoms with Crippen molar-refractivity contribution < 1.29 is 33.1 Å². The molecule has 0 unspecified atom stereocenters. The topological polar surface area (TPSA) is 93.2 Å². The van der Waals surface area contributed by atoms with Crippen LogP contribution in [0.15, 0.2) is 42.7 Å². The van der Waals surface area contributed by atoms with Crippen LogP contribution in [0.5, 0.6) is 0 Å². The summed E-state index contributed by atoms with van der Waals surface area (Å²) in [5, 5.41) is 4.10. The normalized spacial score (nSPS) is 34.0. The van der Waals surface area contributed by atoms with E-state index >= 15 is 0 Å². The Morgan fingerprint density at radius 3 is 2.76 bits per heavy atom. The molecular weight excluding hydrogens is 601 g/mol. The smallest absolute Gasteiger partial charge is 0.201 e. The molecule has 1 spiro atoms. The zero-order valence-corrected chi connectivity index (χ0v) is 26.7. The summed E-state index contributed by atoms with van der Waals surface area (Å²) >= 11 is 5.95. The highest BCUT2D eigenvalue weighted by atomic mass is 35.5. The van der Waals surface area contributed by atoms with Gasteiger partial charge in [0.2, 0.25) is 5.79 Å². The molecule has 5 fully saturated rings. The number of hydrogen-bond acceptors (Lipinski definition) is 9. The molecule has 9 nitrogen and oxygen atoms in total. The lowest BCUT2D eigenvalue weighted by Gasteiger charge is -2.60. The summed E-state index contributed by atoms with van der Waals surface area (Å²) in [5.41, 5.74) is 1.87. The fourth-order valence-corrected chi connectivity index (χ4v) is 7.94. The molecule has 4 aliphatic heterocycles. The molecule has 0 amide bonds. The lowest BCUT2D eigenvalue weighted by molar-refractivity contribution is -0.577. The Morgan fingerprint density at radius 1 is 1.02 bits per heavy atom. The maximum atomic E-state index is 13.6. The second kappa shape index (κ2) is 12.6. The first-order valence-electron chi connectivity index (χ1n) is 16.1. The van der Waals surface area contributed by atoms with Crippen LogP contribution in [-0.2, 0) is 35.3 Å². The van der Waals surface area contributed by atoms with Crippen molar-refractivity contribution in [2.24, 2.45) is 23.7 Å². The maximum Gasteiger partial charge on any atom is 0.201 e. The molecule has 8 rings (SSSR count). The highest BCUT2D eigenvalue weighted by Crippen LogP contribution is 2.60. The molecule has 8 atom stereocenters. The SMILES string of the molecule is C[C@H]1[C@H](OCCCCOCc2ccc3ncnc(Nc4ccc(F)c(Cl)c4)c3c2)O[C@@H]2O[C@@]3(C)CC[C@H]4[C@H](C)CC[C@@H]1[C@@]24OO3. The summed E-state index contributed by atoms with van der Waals surface area (Å²) in [7, 11) is 0. The standard InChI is InChI=1S/C34H41ClFN3O6/c1-20-6-9-26-21(2)31(42-32-34(26)25(20)12-13-33(3,43-32)44-45-34)41-15-5-4-14-40-18-22-7-11-29-24(16-22)30(38-19-37-29)39-23-8-10-28(36)27(35)17-23/h7-8,10-11,16-17,19-21,25-26,31-32H,4-6,9,12-15,18H2,1-3H3,(H,37,38,39)/t20-,21-,25+,26+,31-,32-,33-,34-/m1/s1. The van der Waals surface area contributed by atoms with Crippen molar-refractivity contribution in [3.63, 3.8) is 0 Å². The van der Waals surface area contributed by atoms with E-state index in [0.29, 0.717) is 43.2 Å². The number of fused-ring (bicyclic) bond motifs is 3. The fraction of sp³-hybridized carbons (Fsp3) is 0.588. The molecule has 11 heteroatoms. The first-order valence-corrected chi connectivity index (χ1v) is 16.5. The Morgan fingerprint density at radius 2 is 1.89 bits per heavy atom. The van der Waals surface area contributed by atoms with Gasteiger partial charge in [0.25, 0.3) is 0 Å². The highest BCUT2D eigenvalue weighted by Gasteiger charge is 2.69. The number of nitrogens with one attached hydrogen (secondary N) is 1. The van der Waals surface area contributed by atoms with Gasteiger partial charge in [-0.05, 0) is 86.8 Å². The van der Waals surface area contributed by atoms with Crippen molar-refractivity contribution in [1.29, 1.82) is 0 Å². The average molecular weight is 642 g/mol. The molecule has 5 aliphatic rings. The maximum absolute atomic E-state index is 13.6. The summed E-state index contributed by atoms with van der Waals surface area (Å²) in [5.74, 6) is 0.658. The van der Waals surface area contributed by atoms with E-state index in [1.54, 1.807) is 6.07 Å². The van der Waals surface area contributed by atoms with Gasteiger partial charge in [-0.3, -0.25) is 0 Å². The van der Waals surface area contributed by atoms with E-state index in [4.69, 9.17) is 40.3 Å². The summed E-state index contributed by atoms with van der Waals surface area (Å²) in [6, 6.07) is 10.4. The van der Waals surface area contributed by atoms with Crippen molar-refractivity contribution in [2.75, 3.05) is 18.5 Å². The molecular formula is C34H41ClFN3O6. The summed E-state index contributed by atoms with van der Waals surface area (Å²) < 4.78 is 38.9. The molecule has 45 heavy (non-hydrogen) atoms. The van der Waals surface area contributed by atoms with Gasteiger partial charge in [-0.15, -0.1) is 0 Å². The van der Waals surface area contributed by atoms with Gasteiger partial charge in [0.1, 0.15) is 18.0 Å². The number of benzene rings is 2. The van der Waals surface area contributed by atoms with Crippen LogP contribution >= 0.6 is 11.6 Å². The Bertz CT molecular complexity index is 1530. The van der Waals surface area contributed by atoms with E-state index in [9.17, 15) is 4.39 Å². The Kier molecular flexibility index (Phi) is 8.75. The number of unbranched alkanes of at least 4 members (excludes halogenated alkanes) is 1. The van der Waals surface area contributed by atoms with Crippen LogP contribution in [-0.4, -0.2) is 47.1 Å². The molecule has 1 aliphatic carbocycles. The lowest BCUT2D eigenvalue weighted by atomic mass is 9.58. The van der Waals surface area contributed by atoms with Crippen LogP contribution in [0.3, 0.4) is 0 Å². The van der Waals surface area contributed by atoms with Crippen LogP contribution in [0.25, 0.3) is 10.9 Å². The van der Waals surface area contributed by atoms with E-state index in [1.807, 2.05) is 25.1 Å². The molecule has 2 aromatic carbocycles. The van der Waals surface area contributed by atoms with Crippen molar-refractivity contribution in [1.82, 2.24) is 9.97 Å². The van der Waals surface area contributed by atoms with Gasteiger partial charge in [-0.2, -0.15) is 0 Å². The second-order valence-electron chi connectivity index (χ2n) is 13.2. The minimum absolute atomic E-state index is 0.0450. The molecule has 1 N–H and O–H groups in total. The zero-order chi connectivity index (χ0) is 31.2. The predicted octanol–water partition coefficient (Wildman–Crippen LogP) is 7.69. The monoisotopic (exact) mass is 641 g/mol. The van der Waals surface area contributed by atoms with E-state index in [1.165, 1.54) is 24.9 Å². The van der Waals surface area contributed by atoms with Crippen molar-refractivity contribution in [3.8, 4) is 0 Å². The average Bonchev–Trinajstić information content (AvgIpc) is 3.26. The van der Waals surface area contributed by atoms with Crippen molar-refractivity contribution >= 4 is 34.0 Å². The summed E-state index contributed by atoms with van der Waals surface area (Å²) in [6.07, 6.45) is 6.40. The molecule has 3 aromatic rings. The number of rotatable bonds is 10. The van der Waals surface area contributed by atoms with Gasteiger partial charge in [0.15, 0.2) is 18.2 Å². The molecule has 4 saturated heterocycles. The van der Waals surface area contributed by atoms with Crippen LogP contribution in [0.4, 0.5) is 15.9 Å². The number of halogens is 2. The third kappa shape index (κ3) is 5.95. The largest absolute Gasteiger partial charge is 0.377 e. The molecule has 1 aromatic heterocycles. The first kappa shape index (κ1) is 31.2. The quantitative estimate of drug-likeness (QED) is 0.177. The van der Waals surface area contributed by atoms with Crippen LogP contribution in [0.2, 0.25) is 5.02 Å². The van der Waals surface area contributed by atoms with Gasteiger partial charge in [-0.1, -0.05) is 31.5 Å². The first-order chi connectivity index (χ1) is 21.8. The van der Waals surface area contributed by atoms with Gasteiger partial charge in [0, 0.05) is 42.5 Å². The van der Waals surface area contributed by atoms with E-state index < -0.39 is 23.5 Å². The Hall–Kier alpha value is -2.44. The van der Waals surface area contributed by atoms with E-state index in [2.05, 4.69) is 29.1 Å². The zero-order valence-electron chi connectivity index (χ0n) is 26.0. The van der Waals surface area contributed by atoms with Gasteiger partial charge >= 0.3 is 0 Å². The van der Waals surface area contributed by atoms with E-state index in [0.717, 1.165) is 48.6 Å². The van der Waals surface area contributed by atoms with E-state index in [-0.39, 0.29) is 23.1 Å². The Balaban J connectivity index is 0.900. The number of ether oxygens (including phenoxy) is 4. The summed E-state index contributed by atoms with van der Waals surface area (Å²) in [6.45, 7) is 8.12. The molecule has 2 bridgehead atoms. The molecule has 5 heterocycles. The fourth-order valence-electron chi connectivity index (χ4n) is 7.76. The third-order valence-electron chi connectivity index (χ3n) is 10.2. The molecule has 1 saturated carbocycles.